The summed E-state index contributed by atoms with van der Waals surface area (Å²) in [5, 5.41) is 5.52. The van der Waals surface area contributed by atoms with Crippen molar-refractivity contribution in [2.24, 2.45) is 0 Å². The second-order valence-electron chi connectivity index (χ2n) is 5.37. The van der Waals surface area contributed by atoms with Gasteiger partial charge in [-0.2, -0.15) is 0 Å². The molecule has 0 heterocycles. The maximum atomic E-state index is 11.9. The third-order valence-corrected chi connectivity index (χ3v) is 4.39. The number of amides is 2. The van der Waals surface area contributed by atoms with Crippen molar-refractivity contribution in [1.29, 1.82) is 0 Å². The molecule has 0 aliphatic rings. The molecule has 0 radical (unpaired) electrons. The van der Waals surface area contributed by atoms with E-state index in [0.29, 0.717) is 6.54 Å². The van der Waals surface area contributed by atoms with Crippen LogP contribution in [0.15, 0.2) is 24.3 Å². The summed E-state index contributed by atoms with van der Waals surface area (Å²) >= 11 is 1.35. The Morgan fingerprint density at radius 2 is 1.86 bits per heavy atom. The van der Waals surface area contributed by atoms with Crippen LogP contribution in [0.2, 0.25) is 0 Å². The van der Waals surface area contributed by atoms with Gasteiger partial charge in [0.15, 0.2) is 0 Å². The highest BCUT2D eigenvalue weighted by molar-refractivity contribution is 8.01. The van der Waals surface area contributed by atoms with Gasteiger partial charge in [-0.3, -0.25) is 9.59 Å². The number of hydrogen-bond acceptors (Lipinski definition) is 3. The van der Waals surface area contributed by atoms with E-state index >= 15 is 0 Å². The molecule has 4 nitrogen and oxygen atoms in total. The largest absolute Gasteiger partial charge is 0.355 e. The topological polar surface area (TPSA) is 58.2 Å². The van der Waals surface area contributed by atoms with Crippen LogP contribution in [-0.4, -0.2) is 29.4 Å². The average Bonchev–Trinajstić information content (AvgIpc) is 2.51. The summed E-state index contributed by atoms with van der Waals surface area (Å²) in [5.74, 6) is 0.195. The monoisotopic (exact) mass is 322 g/mol. The van der Waals surface area contributed by atoms with E-state index in [0.717, 1.165) is 30.5 Å². The first-order chi connectivity index (χ1) is 10.5. The molecule has 1 aromatic rings. The van der Waals surface area contributed by atoms with E-state index in [9.17, 15) is 9.59 Å². The summed E-state index contributed by atoms with van der Waals surface area (Å²) in [5.41, 5.74) is 1.94. The zero-order valence-corrected chi connectivity index (χ0v) is 14.5. The fourth-order valence-electron chi connectivity index (χ4n) is 1.84. The van der Waals surface area contributed by atoms with Crippen LogP contribution in [0.3, 0.4) is 0 Å². The zero-order chi connectivity index (χ0) is 16.4. The van der Waals surface area contributed by atoms with Gasteiger partial charge in [-0.1, -0.05) is 37.5 Å². The number of thioether (sulfide) groups is 1. The summed E-state index contributed by atoms with van der Waals surface area (Å²) in [6.45, 7) is 6.68. The van der Waals surface area contributed by atoms with Crippen LogP contribution >= 0.6 is 11.8 Å². The number of carbonyl (C=O) groups is 2. The van der Waals surface area contributed by atoms with Crippen LogP contribution in [0.5, 0.6) is 0 Å². The van der Waals surface area contributed by atoms with Gasteiger partial charge in [0.2, 0.25) is 11.8 Å². The summed E-state index contributed by atoms with van der Waals surface area (Å²) in [4.78, 5) is 23.7. The first-order valence-corrected chi connectivity index (χ1v) is 8.83. The molecule has 0 bridgehead atoms. The molecular formula is C17H26N2O2S. The molecule has 1 unspecified atom stereocenters. The van der Waals surface area contributed by atoms with Gasteiger partial charge in [0.05, 0.1) is 11.0 Å². The first-order valence-electron chi connectivity index (χ1n) is 7.78. The Kier molecular flexibility index (Phi) is 8.67. The number of rotatable bonds is 9. The van der Waals surface area contributed by atoms with Crippen molar-refractivity contribution >= 4 is 29.3 Å². The lowest BCUT2D eigenvalue weighted by molar-refractivity contribution is -0.120. The van der Waals surface area contributed by atoms with Crippen molar-refractivity contribution in [3.8, 4) is 0 Å². The fraction of sp³-hybridized carbons (Fsp3) is 0.529. The molecule has 0 aliphatic heterocycles. The standard InChI is InChI=1S/C17H26N2O2S/c1-4-5-6-11-18-17(21)14(3)22-12-16(20)19-15-9-7-13(2)8-10-15/h7-10,14H,4-6,11-12H2,1-3H3,(H,18,21)(H,19,20). The lowest BCUT2D eigenvalue weighted by atomic mass is 10.2. The molecule has 0 aliphatic carbocycles. The van der Waals surface area contributed by atoms with Gasteiger partial charge >= 0.3 is 0 Å². The smallest absolute Gasteiger partial charge is 0.234 e. The minimum Gasteiger partial charge on any atom is -0.355 e. The number of unbranched alkanes of at least 4 members (excludes halogenated alkanes) is 2. The number of anilines is 1. The van der Waals surface area contributed by atoms with Gasteiger partial charge < -0.3 is 10.6 Å². The molecule has 2 N–H and O–H groups in total. The van der Waals surface area contributed by atoms with Crippen molar-refractivity contribution in [3.63, 3.8) is 0 Å². The van der Waals surface area contributed by atoms with Crippen LogP contribution in [0.1, 0.15) is 38.7 Å². The quantitative estimate of drug-likeness (QED) is 0.685. The molecule has 0 fully saturated rings. The summed E-state index contributed by atoms with van der Waals surface area (Å²) < 4.78 is 0. The van der Waals surface area contributed by atoms with E-state index in [-0.39, 0.29) is 22.8 Å². The van der Waals surface area contributed by atoms with Gasteiger partial charge in [-0.05, 0) is 32.4 Å². The second kappa shape index (κ2) is 10.3. The number of benzene rings is 1. The molecule has 22 heavy (non-hydrogen) atoms. The molecule has 1 aromatic carbocycles. The maximum Gasteiger partial charge on any atom is 0.234 e. The van der Waals surface area contributed by atoms with Crippen molar-refractivity contribution in [1.82, 2.24) is 5.32 Å². The zero-order valence-electron chi connectivity index (χ0n) is 13.6. The summed E-state index contributed by atoms with van der Waals surface area (Å²) in [6, 6.07) is 7.66. The highest BCUT2D eigenvalue weighted by atomic mass is 32.2. The molecule has 0 saturated heterocycles. The van der Waals surface area contributed by atoms with Gasteiger partial charge in [-0.15, -0.1) is 11.8 Å². The molecule has 0 saturated carbocycles. The fourth-order valence-corrected chi connectivity index (χ4v) is 2.55. The number of carbonyl (C=O) groups excluding carboxylic acids is 2. The van der Waals surface area contributed by atoms with Crippen molar-refractivity contribution in [3.05, 3.63) is 29.8 Å². The lowest BCUT2D eigenvalue weighted by Crippen LogP contribution is -2.32. The molecular weight excluding hydrogens is 296 g/mol. The molecule has 0 spiro atoms. The maximum absolute atomic E-state index is 11.9. The van der Waals surface area contributed by atoms with Gasteiger partial charge in [0, 0.05) is 12.2 Å². The second-order valence-corrected chi connectivity index (χ2v) is 6.69. The Morgan fingerprint density at radius 1 is 1.18 bits per heavy atom. The Hall–Kier alpha value is -1.49. The van der Waals surface area contributed by atoms with E-state index in [4.69, 9.17) is 0 Å². The SMILES string of the molecule is CCCCCNC(=O)C(C)SCC(=O)Nc1ccc(C)cc1. The van der Waals surface area contributed by atoms with Gasteiger partial charge in [0.1, 0.15) is 0 Å². The lowest BCUT2D eigenvalue weighted by Gasteiger charge is -2.12. The van der Waals surface area contributed by atoms with E-state index in [2.05, 4.69) is 17.6 Å². The minimum absolute atomic E-state index is 0.00392. The van der Waals surface area contributed by atoms with Crippen LogP contribution in [0, 0.1) is 6.92 Å². The van der Waals surface area contributed by atoms with E-state index in [1.807, 2.05) is 38.1 Å². The van der Waals surface area contributed by atoms with Crippen LogP contribution < -0.4 is 10.6 Å². The minimum atomic E-state index is -0.217. The molecule has 5 heteroatoms. The molecule has 122 valence electrons. The molecule has 0 aromatic heterocycles. The highest BCUT2D eigenvalue weighted by Gasteiger charge is 2.14. The Balaban J connectivity index is 2.24. The van der Waals surface area contributed by atoms with E-state index in [1.54, 1.807) is 0 Å². The Labute approximate surface area is 137 Å². The normalized spacial score (nSPS) is 11.8. The van der Waals surface area contributed by atoms with Crippen LogP contribution in [0.4, 0.5) is 5.69 Å². The van der Waals surface area contributed by atoms with E-state index in [1.165, 1.54) is 11.8 Å². The third kappa shape index (κ3) is 7.50. The third-order valence-electron chi connectivity index (χ3n) is 3.25. The van der Waals surface area contributed by atoms with Crippen LogP contribution in [-0.2, 0) is 9.59 Å². The van der Waals surface area contributed by atoms with E-state index < -0.39 is 0 Å². The van der Waals surface area contributed by atoms with Gasteiger partial charge in [-0.25, -0.2) is 0 Å². The number of aryl methyl sites for hydroxylation is 1. The van der Waals surface area contributed by atoms with Gasteiger partial charge in [0.25, 0.3) is 0 Å². The summed E-state index contributed by atoms with van der Waals surface area (Å²) in [7, 11) is 0. The van der Waals surface area contributed by atoms with Crippen molar-refractivity contribution in [2.45, 2.75) is 45.3 Å². The molecule has 1 atom stereocenters. The Morgan fingerprint density at radius 3 is 2.50 bits per heavy atom. The predicted octanol–water partition coefficient (Wildman–Crippen LogP) is 3.36. The van der Waals surface area contributed by atoms with Crippen LogP contribution in [0.25, 0.3) is 0 Å². The number of nitrogens with one attached hydrogen (secondary N) is 2. The first kappa shape index (κ1) is 18.6. The van der Waals surface area contributed by atoms with Crippen molar-refractivity contribution in [2.75, 3.05) is 17.6 Å². The number of hydrogen-bond donors (Lipinski definition) is 2. The summed E-state index contributed by atoms with van der Waals surface area (Å²) in [6.07, 6.45) is 3.27. The molecule has 1 rings (SSSR count). The highest BCUT2D eigenvalue weighted by Crippen LogP contribution is 2.13. The van der Waals surface area contributed by atoms with Crippen molar-refractivity contribution < 1.29 is 9.59 Å². The molecule has 2 amide bonds. The average molecular weight is 322 g/mol. The Bertz CT molecular complexity index is 474. The predicted molar refractivity (Wildman–Crippen MR) is 94.3 cm³/mol.